The van der Waals surface area contributed by atoms with Crippen LogP contribution in [0.5, 0.6) is 11.5 Å². The molecule has 5 heterocycles. The molecule has 0 aliphatic carbocycles. The second-order valence-electron chi connectivity index (χ2n) is 17.6. The Labute approximate surface area is 448 Å². The fourth-order valence-corrected chi connectivity index (χ4v) is 9.20. The third-order valence-electron chi connectivity index (χ3n) is 12.4. The van der Waals surface area contributed by atoms with Gasteiger partial charge in [-0.25, -0.2) is 4.98 Å². The Morgan fingerprint density at radius 3 is 2.16 bits per heavy atom. The van der Waals surface area contributed by atoms with E-state index in [2.05, 4.69) is 39.2 Å². The molecular weight excluding hydrogens is 1040 g/mol. The Kier molecular flexibility index (Phi) is 7.53. The summed E-state index contributed by atoms with van der Waals surface area (Å²) >= 11 is 0. The second-order valence-corrected chi connectivity index (χ2v) is 17.6. The van der Waals surface area contributed by atoms with Crippen molar-refractivity contribution >= 4 is 45.8 Å². The molecule has 0 radical (unpaired) electrons. The van der Waals surface area contributed by atoms with E-state index in [4.69, 9.17) is 26.2 Å². The van der Waals surface area contributed by atoms with Crippen LogP contribution in [0.15, 0.2) is 200 Å². The summed E-state index contributed by atoms with van der Waals surface area (Å²) in [5.41, 5.74) is 0.599. The maximum atomic E-state index is 10.3. The number of imidazole rings is 1. The van der Waals surface area contributed by atoms with E-state index in [-0.39, 0.29) is 111 Å². The molecule has 0 saturated carbocycles. The number of fused-ring (bicyclic) bond motifs is 5. The van der Waals surface area contributed by atoms with Crippen molar-refractivity contribution in [2.24, 2.45) is 0 Å². The molecule has 0 amide bonds. The summed E-state index contributed by atoms with van der Waals surface area (Å²) in [6.07, 6.45) is 11.6. The maximum absolute atomic E-state index is 10.3. The predicted molar refractivity (Wildman–Crippen MR) is 281 cm³/mol. The third kappa shape index (κ3) is 7.75. The average Bonchev–Trinajstić information content (AvgIpc) is 1.68. The van der Waals surface area contributed by atoms with Crippen LogP contribution in [0, 0.1) is 32.2 Å². The van der Waals surface area contributed by atoms with Gasteiger partial charge in [-0.05, 0) is 101 Å². The number of para-hydroxylation sites is 2. The van der Waals surface area contributed by atoms with Crippen LogP contribution in [0.25, 0.3) is 67.3 Å². The molecule has 0 unspecified atom stereocenters. The standard InChI is InChI=1S/C62H48BN5O.Pt/c1-42-19-16-20-43(2)59(42)63-61-57(39-48-25-14-15-36-67(48)63)66(60-51(44-21-8-6-9-22-44)29-18-30-52(60)45-23-10-7-11-24-45)41-65(61)47-26-17-27-49(38-47)69-50-32-33-54-53-28-12-13-31-55(53)68(56(54)40-50)58-37-46(34-35-64-58)62(3,4)5;/h6-37,39H,1-5H3;/q-2;/i1D3,2D3,6D,7D,8D,9D,10D,11D,21D,22D,23D,24D,39D;. The normalized spacial score (nSPS) is 17.0. The molecule has 0 bridgehead atoms. The van der Waals surface area contributed by atoms with Crippen LogP contribution < -0.4 is 20.4 Å². The van der Waals surface area contributed by atoms with E-state index >= 15 is 0 Å². The molecule has 342 valence electrons. The van der Waals surface area contributed by atoms with Gasteiger partial charge in [-0.15, -0.1) is 29.7 Å². The summed E-state index contributed by atoms with van der Waals surface area (Å²) in [5.74, 6) is 1.05. The summed E-state index contributed by atoms with van der Waals surface area (Å²) < 4.78 is 165. The monoisotopic (exact) mass is 1100 g/mol. The van der Waals surface area contributed by atoms with Gasteiger partial charge in [-0.3, -0.25) is 4.57 Å². The third-order valence-corrected chi connectivity index (χ3v) is 12.4. The number of benzene rings is 7. The van der Waals surface area contributed by atoms with Crippen molar-refractivity contribution in [1.29, 1.82) is 0 Å². The first-order valence-electron chi connectivity index (χ1n) is 30.7. The zero-order chi connectivity index (χ0) is 61.4. The maximum Gasteiger partial charge on any atom is 0.325 e. The first kappa shape index (κ1) is 29.3. The molecule has 10 aromatic rings. The minimum atomic E-state index is -2.94. The average molecular weight is 1100 g/mol. The molecule has 6 nitrogen and oxygen atoms in total. The number of rotatable bonds is 8. The van der Waals surface area contributed by atoms with Crippen molar-refractivity contribution in [3.8, 4) is 50.9 Å². The first-order chi connectivity index (χ1) is 40.7. The van der Waals surface area contributed by atoms with Crippen molar-refractivity contribution in [3.05, 3.63) is 241 Å². The molecule has 0 N–H and O–H groups in total. The second kappa shape index (κ2) is 18.0. The minimum absolute atomic E-state index is 0. The van der Waals surface area contributed by atoms with Gasteiger partial charge in [0, 0.05) is 58.2 Å². The number of pyridine rings is 1. The molecule has 0 atom stereocenters. The van der Waals surface area contributed by atoms with Gasteiger partial charge in [0.25, 0.3) is 6.33 Å². The fourth-order valence-electron chi connectivity index (χ4n) is 9.20. The van der Waals surface area contributed by atoms with Gasteiger partial charge in [-0.1, -0.05) is 164 Å². The minimum Gasteiger partial charge on any atom is -0.510 e. The number of nitrogens with zero attached hydrogens (tertiary/aromatic N) is 5. The summed E-state index contributed by atoms with van der Waals surface area (Å²) in [4.78, 5) is 6.38. The molecule has 0 spiro atoms. The van der Waals surface area contributed by atoms with Gasteiger partial charge >= 0.3 is 6.85 Å². The van der Waals surface area contributed by atoms with E-state index in [1.165, 1.54) is 45.5 Å². The van der Waals surface area contributed by atoms with Crippen LogP contribution in [0.4, 0.5) is 0 Å². The molecule has 3 aromatic heterocycles. The molecule has 12 rings (SSSR count). The molecule has 2 aliphatic heterocycles. The number of hydrogen-bond acceptors (Lipinski definition) is 3. The smallest absolute Gasteiger partial charge is 0.325 e. The Hall–Kier alpha value is -7.73. The van der Waals surface area contributed by atoms with E-state index in [0.29, 0.717) is 11.3 Å². The number of ether oxygens (including phenoxy) is 1. The van der Waals surface area contributed by atoms with Gasteiger partial charge < -0.3 is 18.7 Å². The number of aryl methyl sites for hydroxylation is 2. The number of hydrogen-bond donors (Lipinski definition) is 0. The molecule has 70 heavy (non-hydrogen) atoms. The largest absolute Gasteiger partial charge is 0.510 e. The number of aromatic nitrogens is 4. The Morgan fingerprint density at radius 1 is 0.729 bits per heavy atom. The Bertz CT molecular complexity index is 4460. The van der Waals surface area contributed by atoms with Crippen LogP contribution in [0.3, 0.4) is 0 Å². The van der Waals surface area contributed by atoms with Gasteiger partial charge in [-0.2, -0.15) is 18.2 Å². The zero-order valence-electron chi connectivity index (χ0n) is 54.7. The van der Waals surface area contributed by atoms with Gasteiger partial charge in [0.1, 0.15) is 5.82 Å². The van der Waals surface area contributed by atoms with Crippen LogP contribution in [0.1, 0.15) is 66.5 Å². The predicted octanol–water partition coefficient (Wildman–Crippen LogP) is 12.5. The van der Waals surface area contributed by atoms with Crippen molar-refractivity contribution in [2.45, 2.75) is 39.9 Å². The van der Waals surface area contributed by atoms with E-state index < -0.39 is 81.0 Å². The van der Waals surface area contributed by atoms with Crippen molar-refractivity contribution in [1.82, 2.24) is 18.9 Å². The van der Waals surface area contributed by atoms with Crippen LogP contribution >= 0.6 is 0 Å². The zero-order valence-corrected chi connectivity index (χ0v) is 40.0. The van der Waals surface area contributed by atoms with E-state index in [1.54, 1.807) is 59.7 Å². The van der Waals surface area contributed by atoms with Crippen molar-refractivity contribution < 1.29 is 53.7 Å². The summed E-state index contributed by atoms with van der Waals surface area (Å²) in [6, 6.07) is 28.5. The van der Waals surface area contributed by atoms with E-state index in [0.717, 1.165) is 21.9 Å². The topological polar surface area (TPSA) is 39.1 Å². The molecular formula is C62H48BN5OPt-2. The summed E-state index contributed by atoms with van der Waals surface area (Å²) in [7, 11) is 0. The molecule has 2 aliphatic rings. The van der Waals surface area contributed by atoms with Crippen LogP contribution in [-0.4, -0.2) is 25.8 Å². The van der Waals surface area contributed by atoms with Crippen LogP contribution in [-0.2, 0) is 26.5 Å². The molecule has 8 heteroatoms. The fraction of sp³-hybridized carbons (Fsp3) is 0.0968. The van der Waals surface area contributed by atoms with Gasteiger partial charge in [0.15, 0.2) is 0 Å². The van der Waals surface area contributed by atoms with Gasteiger partial charge in [0.05, 0.1) is 32.1 Å². The Balaban J connectivity index is 0.00000784. The number of allylic oxidation sites excluding steroid dienone is 3. The summed E-state index contributed by atoms with van der Waals surface area (Å²) in [6.45, 7) is -0.966. The van der Waals surface area contributed by atoms with E-state index in [1.807, 2.05) is 47.0 Å². The van der Waals surface area contributed by atoms with Crippen molar-refractivity contribution in [3.63, 3.8) is 0 Å². The first-order valence-corrected chi connectivity index (χ1v) is 22.2. The van der Waals surface area contributed by atoms with E-state index in [9.17, 15) is 6.85 Å². The molecule has 0 saturated heterocycles. The molecule has 7 aromatic carbocycles. The van der Waals surface area contributed by atoms with Gasteiger partial charge in [0.2, 0.25) is 0 Å². The quantitative estimate of drug-likeness (QED) is 0.0865. The van der Waals surface area contributed by atoms with Crippen LogP contribution in [0.2, 0.25) is 0 Å². The molecule has 0 fully saturated rings. The van der Waals surface area contributed by atoms with Crippen molar-refractivity contribution in [2.75, 3.05) is 0 Å². The Morgan fingerprint density at radius 2 is 1.43 bits per heavy atom. The summed E-state index contributed by atoms with van der Waals surface area (Å²) in [5, 5.41) is 1.82. The SMILES string of the molecule is [2H]C1=C2C=CC=CN2B(c2c(C([2H])([2H])[2H])cccc2C([2H])([2H])[2H])c2c1[n+](-c1c(-c3c([2H])c([2H])c([2H])c([2H])c3[2H])cccc1-c1c([2H])c([2H])c([2H])c([2H])c1[2H])[c-]n2-c1[c-]c(Oc2[c-]c3c(cc2)c2ccccc2n3-c2cc(C(C)(C)C)ccn2)ccc1.[Pt].